The van der Waals surface area contributed by atoms with Gasteiger partial charge in [0.1, 0.15) is 18.6 Å². The number of aldehydes is 1. The van der Waals surface area contributed by atoms with Gasteiger partial charge in [0.15, 0.2) is 0 Å². The molecule has 0 spiro atoms. The van der Waals surface area contributed by atoms with Crippen LogP contribution < -0.4 is 4.74 Å². The first kappa shape index (κ1) is 17.8. The molecule has 0 bridgehead atoms. The zero-order chi connectivity index (χ0) is 18.0. The molecule has 24 heavy (non-hydrogen) atoms. The highest BCUT2D eigenvalue weighted by Crippen LogP contribution is 2.38. The average Bonchev–Trinajstić information content (AvgIpc) is 2.51. The van der Waals surface area contributed by atoms with Crippen LogP contribution >= 0.6 is 0 Å². The van der Waals surface area contributed by atoms with Crippen molar-refractivity contribution in [2.75, 3.05) is 0 Å². The van der Waals surface area contributed by atoms with Gasteiger partial charge in [0.25, 0.3) is 0 Å². The van der Waals surface area contributed by atoms with Gasteiger partial charge in [-0.25, -0.2) is 0 Å². The zero-order valence-corrected chi connectivity index (χ0v) is 11.9. The molecule has 0 saturated carbocycles. The monoisotopic (exact) mass is 348 g/mol. The van der Waals surface area contributed by atoms with Crippen LogP contribution in [0.15, 0.2) is 42.5 Å². The van der Waals surface area contributed by atoms with E-state index in [1.54, 1.807) is 12.1 Å². The summed E-state index contributed by atoms with van der Waals surface area (Å²) >= 11 is 0. The SMILES string of the molecule is O=Cc1ccccc1COc1cc(C(F)(F)F)cc(C(F)(F)F)c1. The van der Waals surface area contributed by atoms with E-state index in [4.69, 9.17) is 4.74 Å². The van der Waals surface area contributed by atoms with Gasteiger partial charge in [-0.2, -0.15) is 26.3 Å². The summed E-state index contributed by atoms with van der Waals surface area (Å²) in [5.41, 5.74) is -2.34. The Morgan fingerprint density at radius 2 is 1.42 bits per heavy atom. The van der Waals surface area contributed by atoms with E-state index in [0.717, 1.165) is 0 Å². The molecule has 8 heteroatoms. The van der Waals surface area contributed by atoms with Crippen LogP contribution in [0, 0.1) is 0 Å². The molecule has 0 fully saturated rings. The molecule has 0 aliphatic heterocycles. The molecule has 2 aromatic carbocycles. The first-order valence-corrected chi connectivity index (χ1v) is 6.56. The number of halogens is 6. The summed E-state index contributed by atoms with van der Waals surface area (Å²) in [6.07, 6.45) is -9.37. The van der Waals surface area contributed by atoms with Crippen molar-refractivity contribution < 1.29 is 35.9 Å². The highest BCUT2D eigenvalue weighted by molar-refractivity contribution is 5.77. The first-order chi connectivity index (χ1) is 11.1. The van der Waals surface area contributed by atoms with Crippen LogP contribution in [0.25, 0.3) is 0 Å². The molecular formula is C16H10F6O2. The van der Waals surface area contributed by atoms with Crippen molar-refractivity contribution >= 4 is 6.29 Å². The van der Waals surface area contributed by atoms with E-state index in [2.05, 4.69) is 0 Å². The van der Waals surface area contributed by atoms with Crippen LogP contribution in [0.4, 0.5) is 26.3 Å². The van der Waals surface area contributed by atoms with Crippen molar-refractivity contribution in [1.29, 1.82) is 0 Å². The fourth-order valence-corrected chi connectivity index (χ4v) is 1.95. The van der Waals surface area contributed by atoms with Gasteiger partial charge in [-0.1, -0.05) is 24.3 Å². The van der Waals surface area contributed by atoms with Crippen molar-refractivity contribution in [2.45, 2.75) is 19.0 Å². The quantitative estimate of drug-likeness (QED) is 0.567. The van der Waals surface area contributed by atoms with E-state index in [1.807, 2.05) is 0 Å². The molecule has 0 radical (unpaired) electrons. The zero-order valence-electron chi connectivity index (χ0n) is 11.9. The van der Waals surface area contributed by atoms with Crippen LogP contribution in [-0.2, 0) is 19.0 Å². The van der Waals surface area contributed by atoms with Crippen LogP contribution in [-0.4, -0.2) is 6.29 Å². The summed E-state index contributed by atoms with van der Waals surface area (Å²) in [7, 11) is 0. The summed E-state index contributed by atoms with van der Waals surface area (Å²) in [4.78, 5) is 10.9. The second-order valence-electron chi connectivity index (χ2n) is 4.85. The normalized spacial score (nSPS) is 12.1. The highest BCUT2D eigenvalue weighted by Gasteiger charge is 2.37. The van der Waals surface area contributed by atoms with E-state index in [1.165, 1.54) is 12.1 Å². The summed E-state index contributed by atoms with van der Waals surface area (Å²) in [6, 6.07) is 7.07. The third-order valence-corrected chi connectivity index (χ3v) is 3.14. The fraction of sp³-hybridized carbons (Fsp3) is 0.188. The fourth-order valence-electron chi connectivity index (χ4n) is 1.95. The minimum Gasteiger partial charge on any atom is -0.489 e. The maximum Gasteiger partial charge on any atom is 0.416 e. The van der Waals surface area contributed by atoms with Gasteiger partial charge in [0.05, 0.1) is 11.1 Å². The predicted octanol–water partition coefficient (Wildman–Crippen LogP) is 5.12. The van der Waals surface area contributed by atoms with Gasteiger partial charge >= 0.3 is 12.4 Å². The Labute approximate surface area is 132 Å². The van der Waals surface area contributed by atoms with Crippen LogP contribution in [0.2, 0.25) is 0 Å². The Hall–Kier alpha value is -2.51. The van der Waals surface area contributed by atoms with E-state index in [9.17, 15) is 31.1 Å². The number of carbonyl (C=O) groups excluding carboxylic acids is 1. The number of benzene rings is 2. The lowest BCUT2D eigenvalue weighted by atomic mass is 10.1. The lowest BCUT2D eigenvalue weighted by molar-refractivity contribution is -0.143. The Morgan fingerprint density at radius 1 is 0.875 bits per heavy atom. The van der Waals surface area contributed by atoms with Gasteiger partial charge < -0.3 is 4.74 Å². The first-order valence-electron chi connectivity index (χ1n) is 6.56. The van der Waals surface area contributed by atoms with Crippen molar-refractivity contribution in [1.82, 2.24) is 0 Å². The number of carbonyl (C=O) groups is 1. The standard InChI is InChI=1S/C16H10F6O2/c17-15(18,19)12-5-13(16(20,21)22)7-14(6-12)24-9-11-4-2-1-3-10(11)8-23/h1-8H,9H2. The molecular weight excluding hydrogens is 338 g/mol. The lowest BCUT2D eigenvalue weighted by Gasteiger charge is -2.15. The topological polar surface area (TPSA) is 26.3 Å². The van der Waals surface area contributed by atoms with Crippen LogP contribution in [0.3, 0.4) is 0 Å². The molecule has 2 aromatic rings. The number of hydrogen-bond donors (Lipinski definition) is 0. The van der Waals surface area contributed by atoms with Gasteiger partial charge in [0, 0.05) is 5.56 Å². The maximum absolute atomic E-state index is 12.7. The Bertz CT molecular complexity index is 702. The predicted molar refractivity (Wildman–Crippen MR) is 72.6 cm³/mol. The Balaban J connectivity index is 2.34. The van der Waals surface area contributed by atoms with E-state index < -0.39 is 29.2 Å². The minimum atomic E-state index is -4.94. The molecule has 0 aliphatic carbocycles. The average molecular weight is 348 g/mol. The Morgan fingerprint density at radius 3 is 1.92 bits per heavy atom. The summed E-state index contributed by atoms with van der Waals surface area (Å²) in [6.45, 7) is -0.340. The molecule has 0 unspecified atom stereocenters. The van der Waals surface area contributed by atoms with Crippen molar-refractivity contribution in [3.05, 3.63) is 64.7 Å². The van der Waals surface area contributed by atoms with Crippen molar-refractivity contribution in [2.24, 2.45) is 0 Å². The molecule has 0 aromatic heterocycles. The Kier molecular flexibility index (Phi) is 4.86. The second kappa shape index (κ2) is 6.54. The summed E-state index contributed by atoms with van der Waals surface area (Å²) in [5, 5.41) is 0. The molecule has 0 N–H and O–H groups in total. The largest absolute Gasteiger partial charge is 0.489 e. The molecule has 2 nitrogen and oxygen atoms in total. The molecule has 0 amide bonds. The van der Waals surface area contributed by atoms with Crippen molar-refractivity contribution in [3.63, 3.8) is 0 Å². The molecule has 0 atom stereocenters. The summed E-state index contributed by atoms with van der Waals surface area (Å²) < 4.78 is 81.5. The smallest absolute Gasteiger partial charge is 0.416 e. The van der Waals surface area contributed by atoms with Crippen LogP contribution in [0.5, 0.6) is 5.75 Å². The molecule has 2 rings (SSSR count). The highest BCUT2D eigenvalue weighted by atomic mass is 19.4. The molecule has 0 heterocycles. The molecule has 0 aliphatic rings. The van der Waals surface area contributed by atoms with Crippen molar-refractivity contribution in [3.8, 4) is 5.75 Å². The number of hydrogen-bond acceptors (Lipinski definition) is 2. The molecule has 0 saturated heterocycles. The third-order valence-electron chi connectivity index (χ3n) is 3.14. The maximum atomic E-state index is 12.7. The van der Waals surface area contributed by atoms with Gasteiger partial charge in [-0.05, 0) is 23.8 Å². The number of ether oxygens (including phenoxy) is 1. The third kappa shape index (κ3) is 4.27. The second-order valence-corrected chi connectivity index (χ2v) is 4.85. The van der Waals surface area contributed by atoms with Gasteiger partial charge in [-0.3, -0.25) is 4.79 Å². The summed E-state index contributed by atoms with van der Waals surface area (Å²) in [5.74, 6) is -0.585. The van der Waals surface area contributed by atoms with Crippen LogP contribution in [0.1, 0.15) is 27.0 Å². The van der Waals surface area contributed by atoms with E-state index in [-0.39, 0.29) is 18.2 Å². The van der Waals surface area contributed by atoms with Gasteiger partial charge in [-0.15, -0.1) is 0 Å². The van der Waals surface area contributed by atoms with Gasteiger partial charge in [0.2, 0.25) is 0 Å². The lowest BCUT2D eigenvalue weighted by Crippen LogP contribution is -2.11. The van der Waals surface area contributed by atoms with E-state index in [0.29, 0.717) is 24.0 Å². The van der Waals surface area contributed by atoms with E-state index >= 15 is 0 Å². The molecule has 128 valence electrons. The number of alkyl halides is 6. The number of rotatable bonds is 4. The minimum absolute atomic E-state index is 0.0201.